The molecule has 3 amide bonds. The van der Waals surface area contributed by atoms with Crippen LogP contribution in [0.25, 0.3) is 6.08 Å². The summed E-state index contributed by atoms with van der Waals surface area (Å²) < 4.78 is 13.6. The van der Waals surface area contributed by atoms with Crippen LogP contribution in [-0.4, -0.2) is 35.0 Å². The Balaban J connectivity index is 1.62. The lowest BCUT2D eigenvalue weighted by atomic mass is 10.2. The van der Waals surface area contributed by atoms with Gasteiger partial charge in [-0.25, -0.2) is 4.39 Å². The van der Waals surface area contributed by atoms with Crippen molar-refractivity contribution in [1.29, 1.82) is 0 Å². The molecule has 3 rings (SSSR count). The van der Waals surface area contributed by atoms with Crippen molar-refractivity contribution < 1.29 is 18.8 Å². The number of hydrogen-bond donors (Lipinski definition) is 1. The van der Waals surface area contributed by atoms with Gasteiger partial charge in [0.05, 0.1) is 4.91 Å². The number of amides is 3. The van der Waals surface area contributed by atoms with E-state index in [0.29, 0.717) is 0 Å². The number of halogens is 1. The summed E-state index contributed by atoms with van der Waals surface area (Å²) >= 11 is 0.782. The Morgan fingerprint density at radius 3 is 2.78 bits per heavy atom. The number of nitrogens with zero attached hydrogens (tertiary/aromatic N) is 1. The first kappa shape index (κ1) is 15.7. The van der Waals surface area contributed by atoms with Gasteiger partial charge in [0, 0.05) is 24.6 Å². The average molecular weight is 334 g/mol. The van der Waals surface area contributed by atoms with Gasteiger partial charge in [-0.15, -0.1) is 0 Å². The molecule has 0 bridgehead atoms. The highest BCUT2D eigenvalue weighted by Gasteiger charge is 2.35. The van der Waals surface area contributed by atoms with Gasteiger partial charge in [-0.05, 0) is 36.7 Å². The van der Waals surface area contributed by atoms with Crippen LogP contribution >= 0.6 is 11.8 Å². The van der Waals surface area contributed by atoms with E-state index in [-0.39, 0.29) is 35.4 Å². The Kier molecular flexibility index (Phi) is 4.47. The minimum absolute atomic E-state index is 0.0288. The molecule has 1 N–H and O–H groups in total. The summed E-state index contributed by atoms with van der Waals surface area (Å²) in [5.41, 5.74) is 0.264. The van der Waals surface area contributed by atoms with Gasteiger partial charge in [0.25, 0.3) is 11.1 Å². The second kappa shape index (κ2) is 6.54. The van der Waals surface area contributed by atoms with E-state index in [4.69, 9.17) is 0 Å². The van der Waals surface area contributed by atoms with E-state index >= 15 is 0 Å². The summed E-state index contributed by atoms with van der Waals surface area (Å²) in [5, 5.41) is 2.31. The Morgan fingerprint density at radius 1 is 1.35 bits per heavy atom. The molecule has 0 radical (unpaired) electrons. The van der Waals surface area contributed by atoms with Crippen molar-refractivity contribution in [3.05, 3.63) is 40.6 Å². The van der Waals surface area contributed by atoms with E-state index < -0.39 is 17.0 Å². The van der Waals surface area contributed by atoms with E-state index in [0.717, 1.165) is 29.5 Å². The van der Waals surface area contributed by atoms with Gasteiger partial charge in [-0.2, -0.15) is 0 Å². The standard InChI is InChI=1S/C16H15FN2O3S/c17-12-4-2-1-3-11(12)9-13-15(21)19(16(22)23-13)8-7-18-14(20)10-5-6-10/h1-4,9-10H,5-8H2,(H,18,20). The Morgan fingerprint density at radius 2 is 2.09 bits per heavy atom. The van der Waals surface area contributed by atoms with Crippen molar-refractivity contribution in [2.45, 2.75) is 12.8 Å². The lowest BCUT2D eigenvalue weighted by molar-refractivity contribution is -0.124. The van der Waals surface area contributed by atoms with Crippen LogP contribution in [0, 0.1) is 11.7 Å². The highest BCUT2D eigenvalue weighted by Crippen LogP contribution is 2.32. The molecule has 23 heavy (non-hydrogen) atoms. The quantitative estimate of drug-likeness (QED) is 0.840. The molecule has 1 saturated heterocycles. The number of hydrogen-bond acceptors (Lipinski definition) is 4. The first-order valence-electron chi connectivity index (χ1n) is 7.34. The molecule has 7 heteroatoms. The molecule has 0 aromatic heterocycles. The molecular formula is C16H15FN2O3S. The predicted molar refractivity (Wildman–Crippen MR) is 84.8 cm³/mol. The van der Waals surface area contributed by atoms with Crippen LogP contribution in [0.15, 0.2) is 29.2 Å². The normalized spacial score (nSPS) is 19.5. The van der Waals surface area contributed by atoms with Crippen molar-refractivity contribution in [3.8, 4) is 0 Å². The molecule has 2 aliphatic rings. The molecule has 0 unspecified atom stereocenters. The van der Waals surface area contributed by atoms with Gasteiger partial charge >= 0.3 is 0 Å². The maximum absolute atomic E-state index is 13.6. The Bertz CT molecular complexity index is 700. The number of rotatable bonds is 5. The van der Waals surface area contributed by atoms with Crippen LogP contribution in [0.4, 0.5) is 9.18 Å². The molecule has 1 aliphatic carbocycles. The summed E-state index contributed by atoms with van der Waals surface area (Å²) in [5.74, 6) is -0.843. The van der Waals surface area contributed by atoms with E-state index in [1.807, 2.05) is 0 Å². The molecule has 0 spiro atoms. The van der Waals surface area contributed by atoms with Crippen molar-refractivity contribution in [3.63, 3.8) is 0 Å². The maximum atomic E-state index is 13.6. The van der Waals surface area contributed by atoms with Crippen LogP contribution in [0.1, 0.15) is 18.4 Å². The van der Waals surface area contributed by atoms with Crippen molar-refractivity contribution in [1.82, 2.24) is 10.2 Å². The SMILES string of the molecule is O=C(NCCN1C(=O)SC(=Cc2ccccc2F)C1=O)C1CC1. The maximum Gasteiger partial charge on any atom is 0.293 e. The summed E-state index contributed by atoms with van der Waals surface area (Å²) in [6.07, 6.45) is 3.18. The summed E-state index contributed by atoms with van der Waals surface area (Å²) in [6.45, 7) is 0.359. The van der Waals surface area contributed by atoms with Crippen molar-refractivity contribution >= 4 is 34.9 Å². The molecule has 0 atom stereocenters. The van der Waals surface area contributed by atoms with E-state index in [9.17, 15) is 18.8 Å². The van der Waals surface area contributed by atoms with Gasteiger partial charge in [0.2, 0.25) is 5.91 Å². The van der Waals surface area contributed by atoms with E-state index in [2.05, 4.69) is 5.32 Å². The second-order valence-corrected chi connectivity index (χ2v) is 6.41. The molecule has 1 aliphatic heterocycles. The largest absolute Gasteiger partial charge is 0.354 e. The fourth-order valence-corrected chi connectivity index (χ4v) is 3.06. The zero-order chi connectivity index (χ0) is 16.4. The van der Waals surface area contributed by atoms with Crippen LogP contribution in [0.5, 0.6) is 0 Å². The molecular weight excluding hydrogens is 319 g/mol. The van der Waals surface area contributed by atoms with Crippen LogP contribution in [0.2, 0.25) is 0 Å². The molecule has 120 valence electrons. The predicted octanol–water partition coefficient (Wildman–Crippen LogP) is 2.39. The lowest BCUT2D eigenvalue weighted by Gasteiger charge is -2.12. The van der Waals surface area contributed by atoms with E-state index in [1.165, 1.54) is 12.1 Å². The Hall–Kier alpha value is -2.15. The molecule has 1 aromatic carbocycles. The van der Waals surface area contributed by atoms with Crippen LogP contribution in [-0.2, 0) is 9.59 Å². The molecule has 2 fully saturated rings. The van der Waals surface area contributed by atoms with Crippen LogP contribution in [0.3, 0.4) is 0 Å². The molecule has 5 nitrogen and oxygen atoms in total. The molecule has 1 aromatic rings. The minimum Gasteiger partial charge on any atom is -0.354 e. The van der Waals surface area contributed by atoms with Crippen molar-refractivity contribution in [2.24, 2.45) is 5.92 Å². The average Bonchev–Trinajstić information content (AvgIpc) is 3.33. The number of benzene rings is 1. The topological polar surface area (TPSA) is 66.5 Å². The van der Waals surface area contributed by atoms with E-state index in [1.54, 1.807) is 18.2 Å². The summed E-state index contributed by atoms with van der Waals surface area (Å²) in [4.78, 5) is 36.9. The number of nitrogens with one attached hydrogen (secondary N) is 1. The van der Waals surface area contributed by atoms with Gasteiger partial charge in [-0.3, -0.25) is 19.3 Å². The third-order valence-electron chi connectivity index (χ3n) is 3.65. The fourth-order valence-electron chi connectivity index (χ4n) is 2.21. The van der Waals surface area contributed by atoms with Crippen LogP contribution < -0.4 is 5.32 Å². The third kappa shape index (κ3) is 3.61. The lowest BCUT2D eigenvalue weighted by Crippen LogP contribution is -2.37. The molecule has 1 saturated carbocycles. The minimum atomic E-state index is -0.455. The number of carbonyl (C=O) groups is 3. The third-order valence-corrected chi connectivity index (χ3v) is 4.56. The summed E-state index contributed by atoms with van der Waals surface area (Å²) in [6, 6.07) is 6.05. The van der Waals surface area contributed by atoms with Gasteiger partial charge < -0.3 is 5.32 Å². The number of imide groups is 1. The fraction of sp³-hybridized carbons (Fsp3) is 0.312. The smallest absolute Gasteiger partial charge is 0.293 e. The monoisotopic (exact) mass is 334 g/mol. The Labute approximate surface area is 136 Å². The first-order chi connectivity index (χ1) is 11.1. The zero-order valence-corrected chi connectivity index (χ0v) is 13.1. The zero-order valence-electron chi connectivity index (χ0n) is 12.3. The van der Waals surface area contributed by atoms with Gasteiger partial charge in [0.1, 0.15) is 5.82 Å². The highest BCUT2D eigenvalue weighted by molar-refractivity contribution is 8.18. The second-order valence-electron chi connectivity index (χ2n) is 5.42. The van der Waals surface area contributed by atoms with Gasteiger partial charge in [0.15, 0.2) is 0 Å². The number of thioether (sulfide) groups is 1. The van der Waals surface area contributed by atoms with Gasteiger partial charge in [-0.1, -0.05) is 18.2 Å². The summed E-state index contributed by atoms with van der Waals surface area (Å²) in [7, 11) is 0. The molecule has 1 heterocycles. The van der Waals surface area contributed by atoms with Crippen molar-refractivity contribution in [2.75, 3.05) is 13.1 Å². The number of carbonyl (C=O) groups excluding carboxylic acids is 3. The first-order valence-corrected chi connectivity index (χ1v) is 8.15. The highest BCUT2D eigenvalue weighted by atomic mass is 32.2.